The number of nitrogens with zero attached hydrogens (tertiary/aromatic N) is 2. The van der Waals surface area contributed by atoms with Gasteiger partial charge in [-0.25, -0.2) is 4.98 Å². The SMILES string of the molecule is N=c1c2ccccc2nc(-c2ccccc2N)n1-c1ccccc1Br. The number of aromatic nitrogens is 2. The highest BCUT2D eigenvalue weighted by molar-refractivity contribution is 9.10. The van der Waals surface area contributed by atoms with Crippen LogP contribution in [-0.2, 0) is 0 Å². The lowest BCUT2D eigenvalue weighted by molar-refractivity contribution is 0.918. The molecular formula is C20H15BrN4. The Morgan fingerprint density at radius 2 is 1.56 bits per heavy atom. The minimum Gasteiger partial charge on any atom is -0.398 e. The molecule has 1 heterocycles. The van der Waals surface area contributed by atoms with Crippen molar-refractivity contribution in [3.05, 3.63) is 82.8 Å². The summed E-state index contributed by atoms with van der Waals surface area (Å²) in [6, 6.07) is 23.1. The molecule has 4 aromatic rings. The molecule has 25 heavy (non-hydrogen) atoms. The number of hydrogen-bond donors (Lipinski definition) is 2. The molecule has 0 spiro atoms. The average Bonchev–Trinajstić information content (AvgIpc) is 2.63. The molecule has 0 aliphatic carbocycles. The lowest BCUT2D eigenvalue weighted by atomic mass is 10.1. The summed E-state index contributed by atoms with van der Waals surface area (Å²) in [5.41, 5.74) is 9.63. The van der Waals surface area contributed by atoms with Gasteiger partial charge in [-0.1, -0.05) is 36.4 Å². The zero-order valence-electron chi connectivity index (χ0n) is 13.3. The van der Waals surface area contributed by atoms with E-state index < -0.39 is 0 Å². The van der Waals surface area contributed by atoms with Gasteiger partial charge in [0.1, 0.15) is 11.3 Å². The first-order valence-electron chi connectivity index (χ1n) is 7.83. The number of rotatable bonds is 2. The van der Waals surface area contributed by atoms with Gasteiger partial charge in [0.2, 0.25) is 0 Å². The molecule has 0 bridgehead atoms. The molecule has 4 nitrogen and oxygen atoms in total. The highest BCUT2D eigenvalue weighted by Gasteiger charge is 2.15. The summed E-state index contributed by atoms with van der Waals surface area (Å²) in [6.07, 6.45) is 0. The second-order valence-electron chi connectivity index (χ2n) is 5.68. The number of anilines is 1. The Morgan fingerprint density at radius 1 is 0.880 bits per heavy atom. The van der Waals surface area contributed by atoms with Crippen molar-refractivity contribution in [1.29, 1.82) is 5.41 Å². The smallest absolute Gasteiger partial charge is 0.148 e. The topological polar surface area (TPSA) is 67.7 Å². The molecule has 0 amide bonds. The Bertz CT molecular complexity index is 1150. The number of para-hydroxylation sites is 3. The van der Waals surface area contributed by atoms with Crippen molar-refractivity contribution in [2.75, 3.05) is 5.73 Å². The molecule has 0 saturated heterocycles. The van der Waals surface area contributed by atoms with Crippen molar-refractivity contribution < 1.29 is 0 Å². The molecule has 3 N–H and O–H groups in total. The van der Waals surface area contributed by atoms with Crippen LogP contribution in [0.3, 0.4) is 0 Å². The Balaban J connectivity index is 2.18. The number of fused-ring (bicyclic) bond motifs is 1. The number of benzene rings is 3. The van der Waals surface area contributed by atoms with Crippen LogP contribution in [0.25, 0.3) is 28.0 Å². The van der Waals surface area contributed by atoms with E-state index in [1.165, 1.54) is 0 Å². The summed E-state index contributed by atoms with van der Waals surface area (Å²) in [4.78, 5) is 4.83. The van der Waals surface area contributed by atoms with Crippen LogP contribution in [0.1, 0.15) is 0 Å². The third-order valence-electron chi connectivity index (χ3n) is 4.12. The zero-order valence-corrected chi connectivity index (χ0v) is 14.9. The van der Waals surface area contributed by atoms with Crippen molar-refractivity contribution >= 4 is 32.5 Å². The van der Waals surface area contributed by atoms with Gasteiger partial charge in [0.25, 0.3) is 0 Å². The molecule has 0 aliphatic heterocycles. The van der Waals surface area contributed by atoms with Crippen LogP contribution in [-0.4, -0.2) is 9.55 Å². The van der Waals surface area contributed by atoms with Crippen LogP contribution in [0.5, 0.6) is 0 Å². The Hall–Kier alpha value is -2.92. The van der Waals surface area contributed by atoms with Crippen LogP contribution >= 0.6 is 15.9 Å². The van der Waals surface area contributed by atoms with Gasteiger partial charge >= 0.3 is 0 Å². The van der Waals surface area contributed by atoms with Crippen molar-refractivity contribution in [2.45, 2.75) is 0 Å². The van der Waals surface area contributed by atoms with E-state index in [2.05, 4.69) is 15.9 Å². The van der Waals surface area contributed by atoms with Gasteiger partial charge in [-0.15, -0.1) is 0 Å². The maximum Gasteiger partial charge on any atom is 0.148 e. The van der Waals surface area contributed by atoms with E-state index >= 15 is 0 Å². The lowest BCUT2D eigenvalue weighted by Crippen LogP contribution is -2.22. The molecule has 0 unspecified atom stereocenters. The molecule has 4 rings (SSSR count). The van der Waals surface area contributed by atoms with Crippen LogP contribution < -0.4 is 11.2 Å². The highest BCUT2D eigenvalue weighted by Crippen LogP contribution is 2.29. The fourth-order valence-corrected chi connectivity index (χ4v) is 3.37. The summed E-state index contributed by atoms with van der Waals surface area (Å²) in [6.45, 7) is 0. The molecule has 0 aliphatic rings. The zero-order chi connectivity index (χ0) is 17.4. The first kappa shape index (κ1) is 15.6. The van der Waals surface area contributed by atoms with Crippen molar-refractivity contribution in [3.63, 3.8) is 0 Å². The Labute approximate surface area is 153 Å². The average molecular weight is 391 g/mol. The van der Waals surface area contributed by atoms with Crippen molar-refractivity contribution in [2.24, 2.45) is 0 Å². The normalized spacial score (nSPS) is 10.9. The molecular weight excluding hydrogens is 376 g/mol. The number of nitrogens with one attached hydrogen (secondary N) is 1. The van der Waals surface area contributed by atoms with E-state index in [1.54, 1.807) is 0 Å². The quantitative estimate of drug-likeness (QED) is 0.494. The van der Waals surface area contributed by atoms with E-state index in [0.717, 1.165) is 26.6 Å². The van der Waals surface area contributed by atoms with E-state index in [4.69, 9.17) is 16.1 Å². The van der Waals surface area contributed by atoms with Gasteiger partial charge in [0.05, 0.1) is 11.2 Å². The van der Waals surface area contributed by atoms with Gasteiger partial charge in [-0.2, -0.15) is 0 Å². The fourth-order valence-electron chi connectivity index (χ4n) is 2.91. The second-order valence-corrected chi connectivity index (χ2v) is 6.53. The number of hydrogen-bond acceptors (Lipinski definition) is 3. The van der Waals surface area contributed by atoms with Crippen LogP contribution in [0.15, 0.2) is 77.3 Å². The third kappa shape index (κ3) is 2.62. The van der Waals surface area contributed by atoms with Crippen molar-refractivity contribution in [1.82, 2.24) is 9.55 Å². The van der Waals surface area contributed by atoms with Crippen molar-refractivity contribution in [3.8, 4) is 17.1 Å². The summed E-state index contributed by atoms with van der Waals surface area (Å²) in [5, 5.41) is 9.58. The van der Waals surface area contributed by atoms with E-state index in [9.17, 15) is 0 Å². The van der Waals surface area contributed by atoms with Gasteiger partial charge < -0.3 is 5.73 Å². The molecule has 0 fully saturated rings. The maximum atomic E-state index is 8.80. The number of halogens is 1. The predicted octanol–water partition coefficient (Wildman–Crippen LogP) is 4.52. The summed E-state index contributed by atoms with van der Waals surface area (Å²) in [5.74, 6) is 0.647. The van der Waals surface area contributed by atoms with Crippen LogP contribution in [0.2, 0.25) is 0 Å². The molecule has 1 aromatic heterocycles. The standard InChI is InChI=1S/C20H15BrN4/c21-15-9-3-6-12-18(15)25-19(23)14-8-2-5-11-17(14)24-20(25)13-7-1-4-10-16(13)22/h1-12,23H,22H2. The fraction of sp³-hybridized carbons (Fsp3) is 0. The first-order valence-corrected chi connectivity index (χ1v) is 8.62. The van der Waals surface area contributed by atoms with Gasteiger partial charge in [-0.05, 0) is 52.3 Å². The summed E-state index contributed by atoms with van der Waals surface area (Å²) < 4.78 is 2.72. The number of nitrogens with two attached hydrogens (primary N) is 1. The van der Waals surface area contributed by atoms with Crippen LogP contribution in [0, 0.1) is 5.41 Å². The van der Waals surface area contributed by atoms with E-state index in [1.807, 2.05) is 77.4 Å². The van der Waals surface area contributed by atoms with Gasteiger partial charge in [-0.3, -0.25) is 9.98 Å². The molecule has 0 radical (unpaired) electrons. The van der Waals surface area contributed by atoms with E-state index in [0.29, 0.717) is 17.0 Å². The minimum atomic E-state index is 0.371. The summed E-state index contributed by atoms with van der Waals surface area (Å²) >= 11 is 3.59. The number of nitrogen functional groups attached to an aromatic ring is 1. The highest BCUT2D eigenvalue weighted by atomic mass is 79.9. The third-order valence-corrected chi connectivity index (χ3v) is 4.79. The molecule has 5 heteroatoms. The van der Waals surface area contributed by atoms with Gasteiger partial charge in [0.15, 0.2) is 0 Å². The predicted molar refractivity (Wildman–Crippen MR) is 104 cm³/mol. The van der Waals surface area contributed by atoms with E-state index in [-0.39, 0.29) is 0 Å². The molecule has 122 valence electrons. The monoisotopic (exact) mass is 390 g/mol. The van der Waals surface area contributed by atoms with Gasteiger partial charge in [0, 0.05) is 21.1 Å². The molecule has 0 atom stereocenters. The Morgan fingerprint density at radius 3 is 2.36 bits per heavy atom. The molecule has 0 saturated carbocycles. The summed E-state index contributed by atoms with van der Waals surface area (Å²) in [7, 11) is 0. The van der Waals surface area contributed by atoms with Crippen LogP contribution in [0.4, 0.5) is 5.69 Å². The minimum absolute atomic E-state index is 0.371. The first-order chi connectivity index (χ1) is 12.2. The largest absolute Gasteiger partial charge is 0.398 e. The Kier molecular flexibility index (Phi) is 3.86. The maximum absolute atomic E-state index is 8.80. The lowest BCUT2D eigenvalue weighted by Gasteiger charge is -2.17. The molecule has 3 aromatic carbocycles. The second kappa shape index (κ2) is 6.18.